The van der Waals surface area contributed by atoms with Gasteiger partial charge in [0.2, 0.25) is 0 Å². The van der Waals surface area contributed by atoms with Gasteiger partial charge in [0.15, 0.2) is 5.82 Å². The van der Waals surface area contributed by atoms with Crippen molar-refractivity contribution in [1.29, 1.82) is 0 Å². The van der Waals surface area contributed by atoms with Gasteiger partial charge >= 0.3 is 0 Å². The Kier molecular flexibility index (Phi) is 7.39. The third-order valence-corrected chi connectivity index (χ3v) is 12.0. The molecule has 0 aliphatic rings. The Morgan fingerprint density at radius 3 is 1.69 bits per heavy atom. The molecule has 0 saturated heterocycles. The van der Waals surface area contributed by atoms with Crippen LogP contribution < -0.4 is 0 Å². The third kappa shape index (κ3) is 5.32. The molecule has 0 unspecified atom stereocenters. The summed E-state index contributed by atoms with van der Waals surface area (Å²) in [6, 6.07) is 69.8. The molecule has 11 rings (SSSR count). The highest BCUT2D eigenvalue weighted by molar-refractivity contribution is 7.25. The minimum Gasteiger partial charge on any atom is -0.228 e. The van der Waals surface area contributed by atoms with E-state index in [1.807, 2.05) is 17.4 Å². The molecule has 0 N–H and O–H groups in total. The Hall–Kier alpha value is -6.94. The molecule has 3 heteroatoms. The van der Waals surface area contributed by atoms with Gasteiger partial charge in [0.25, 0.3) is 0 Å². The first kappa shape index (κ1) is 31.6. The standard InChI is InChI=1S/C52H32N2S/c1-2-15-34(16-3-1)52-53-47(40-21-9-8-19-38(40)36-27-28-43-42-23-12-13-25-49(42)55-50(43)31-36)32-48(54-52)41-22-10-11-24-44(41)51-39-20-7-5-17-35(39)30-46-37-18-6-4-14-33(37)26-29-45(46)51/h1-32H. The van der Waals surface area contributed by atoms with Crippen molar-refractivity contribution >= 4 is 63.8 Å². The average Bonchev–Trinajstić information content (AvgIpc) is 3.64. The number of fused-ring (bicyclic) bond motifs is 7. The van der Waals surface area contributed by atoms with Gasteiger partial charge in [0, 0.05) is 36.9 Å². The van der Waals surface area contributed by atoms with Crippen LogP contribution in [0.3, 0.4) is 0 Å². The number of thiophene rings is 1. The van der Waals surface area contributed by atoms with Crippen molar-refractivity contribution in [3.63, 3.8) is 0 Å². The Balaban J connectivity index is 1.15. The summed E-state index contributed by atoms with van der Waals surface area (Å²) in [6.45, 7) is 0. The van der Waals surface area contributed by atoms with E-state index in [9.17, 15) is 0 Å². The van der Waals surface area contributed by atoms with Gasteiger partial charge in [-0.2, -0.15) is 0 Å². The van der Waals surface area contributed by atoms with Crippen LogP contribution in [0.5, 0.6) is 0 Å². The molecule has 0 saturated carbocycles. The lowest BCUT2D eigenvalue weighted by atomic mass is 9.87. The van der Waals surface area contributed by atoms with Crippen molar-refractivity contribution < 1.29 is 0 Å². The Morgan fingerprint density at radius 1 is 0.309 bits per heavy atom. The number of rotatable bonds is 5. The fourth-order valence-electron chi connectivity index (χ4n) is 8.33. The SMILES string of the molecule is c1ccc(-c2nc(-c3ccccc3-c3ccc4c(c3)sc3ccccc34)cc(-c3ccccc3-c3c4ccccc4cc4c3ccc3ccccc34)n2)cc1. The summed E-state index contributed by atoms with van der Waals surface area (Å²) in [5.41, 5.74) is 9.57. The molecule has 0 bridgehead atoms. The highest BCUT2D eigenvalue weighted by Crippen LogP contribution is 2.44. The van der Waals surface area contributed by atoms with Crippen LogP contribution in [-0.2, 0) is 0 Å². The van der Waals surface area contributed by atoms with Gasteiger partial charge in [-0.3, -0.25) is 0 Å². The molecule has 11 aromatic rings. The Morgan fingerprint density at radius 2 is 0.891 bits per heavy atom. The van der Waals surface area contributed by atoms with Crippen molar-refractivity contribution in [3.05, 3.63) is 194 Å². The maximum Gasteiger partial charge on any atom is 0.160 e. The Labute approximate surface area is 322 Å². The molecule has 9 aromatic carbocycles. The second kappa shape index (κ2) is 12.9. The summed E-state index contributed by atoms with van der Waals surface area (Å²) in [5, 5.41) is 10.0. The van der Waals surface area contributed by atoms with Crippen LogP contribution in [0, 0.1) is 0 Å². The van der Waals surface area contributed by atoms with E-state index in [0.29, 0.717) is 5.82 Å². The lowest BCUT2D eigenvalue weighted by Gasteiger charge is -2.18. The second-order valence-corrected chi connectivity index (χ2v) is 15.2. The highest BCUT2D eigenvalue weighted by atomic mass is 32.1. The predicted molar refractivity (Wildman–Crippen MR) is 235 cm³/mol. The fourth-order valence-corrected chi connectivity index (χ4v) is 9.47. The first-order chi connectivity index (χ1) is 27.3. The zero-order chi connectivity index (χ0) is 36.3. The Bertz CT molecular complexity index is 3270. The molecule has 0 aliphatic carbocycles. The van der Waals surface area contributed by atoms with E-state index in [4.69, 9.17) is 9.97 Å². The predicted octanol–water partition coefficient (Wildman–Crippen LogP) is 14.6. The summed E-state index contributed by atoms with van der Waals surface area (Å²) in [7, 11) is 0. The van der Waals surface area contributed by atoms with Gasteiger partial charge in [-0.25, -0.2) is 9.97 Å². The van der Waals surface area contributed by atoms with E-state index >= 15 is 0 Å². The maximum absolute atomic E-state index is 5.35. The highest BCUT2D eigenvalue weighted by Gasteiger charge is 2.20. The molecular formula is C52H32N2S. The maximum atomic E-state index is 5.35. The van der Waals surface area contributed by atoms with Crippen molar-refractivity contribution in [2.75, 3.05) is 0 Å². The molecule has 2 heterocycles. The van der Waals surface area contributed by atoms with Gasteiger partial charge in [0.05, 0.1) is 11.4 Å². The zero-order valence-corrected chi connectivity index (χ0v) is 30.6. The topological polar surface area (TPSA) is 25.8 Å². The van der Waals surface area contributed by atoms with E-state index in [1.54, 1.807) is 0 Å². The normalized spacial score (nSPS) is 11.6. The van der Waals surface area contributed by atoms with Crippen LogP contribution in [0.2, 0.25) is 0 Å². The molecule has 55 heavy (non-hydrogen) atoms. The molecule has 2 aromatic heterocycles. The summed E-state index contributed by atoms with van der Waals surface area (Å²) < 4.78 is 2.59. The third-order valence-electron chi connectivity index (χ3n) is 10.9. The largest absolute Gasteiger partial charge is 0.228 e. The number of hydrogen-bond donors (Lipinski definition) is 0. The minimum absolute atomic E-state index is 0.700. The van der Waals surface area contributed by atoms with Crippen LogP contribution in [0.1, 0.15) is 0 Å². The van der Waals surface area contributed by atoms with Gasteiger partial charge in [0.1, 0.15) is 0 Å². The summed E-state index contributed by atoms with van der Waals surface area (Å²) in [6.07, 6.45) is 0. The summed E-state index contributed by atoms with van der Waals surface area (Å²) in [5.74, 6) is 0.700. The minimum atomic E-state index is 0.700. The molecule has 0 aliphatic heterocycles. The molecule has 256 valence electrons. The first-order valence-electron chi connectivity index (χ1n) is 18.7. The van der Waals surface area contributed by atoms with Crippen LogP contribution >= 0.6 is 11.3 Å². The van der Waals surface area contributed by atoms with Crippen molar-refractivity contribution in [3.8, 4) is 56.2 Å². The van der Waals surface area contributed by atoms with Gasteiger partial charge < -0.3 is 0 Å². The van der Waals surface area contributed by atoms with Crippen LogP contribution in [0.25, 0.3) is 109 Å². The molecule has 2 nitrogen and oxygen atoms in total. The monoisotopic (exact) mass is 716 g/mol. The summed E-state index contributed by atoms with van der Waals surface area (Å²) >= 11 is 1.85. The number of hydrogen-bond acceptors (Lipinski definition) is 3. The van der Waals surface area contributed by atoms with Gasteiger partial charge in [-0.15, -0.1) is 11.3 Å². The van der Waals surface area contributed by atoms with E-state index in [-0.39, 0.29) is 0 Å². The summed E-state index contributed by atoms with van der Waals surface area (Å²) in [4.78, 5) is 10.7. The lowest BCUT2D eigenvalue weighted by molar-refractivity contribution is 1.18. The van der Waals surface area contributed by atoms with E-state index in [0.717, 1.165) is 39.2 Å². The number of benzene rings is 9. The lowest BCUT2D eigenvalue weighted by Crippen LogP contribution is -1.98. The average molecular weight is 717 g/mol. The zero-order valence-electron chi connectivity index (χ0n) is 29.8. The quantitative estimate of drug-likeness (QED) is 0.131. The molecular weight excluding hydrogens is 685 g/mol. The second-order valence-electron chi connectivity index (χ2n) is 14.1. The number of nitrogens with zero attached hydrogens (tertiary/aromatic N) is 2. The number of aromatic nitrogens is 2. The molecule has 0 spiro atoms. The molecule has 0 atom stereocenters. The molecule has 0 fully saturated rings. The van der Waals surface area contributed by atoms with Gasteiger partial charge in [-0.1, -0.05) is 170 Å². The van der Waals surface area contributed by atoms with Crippen molar-refractivity contribution in [1.82, 2.24) is 9.97 Å². The van der Waals surface area contributed by atoms with Crippen LogP contribution in [-0.4, -0.2) is 9.97 Å². The van der Waals surface area contributed by atoms with E-state index < -0.39 is 0 Å². The van der Waals surface area contributed by atoms with E-state index in [2.05, 4.69) is 188 Å². The van der Waals surface area contributed by atoms with E-state index in [1.165, 1.54) is 63.6 Å². The molecule has 0 radical (unpaired) electrons. The van der Waals surface area contributed by atoms with Gasteiger partial charge in [-0.05, 0) is 78.8 Å². The first-order valence-corrected chi connectivity index (χ1v) is 19.5. The fraction of sp³-hybridized carbons (Fsp3) is 0. The molecule has 0 amide bonds. The van der Waals surface area contributed by atoms with Crippen LogP contribution in [0.15, 0.2) is 194 Å². The van der Waals surface area contributed by atoms with Crippen molar-refractivity contribution in [2.45, 2.75) is 0 Å². The smallest absolute Gasteiger partial charge is 0.160 e. The van der Waals surface area contributed by atoms with Crippen LogP contribution in [0.4, 0.5) is 0 Å². The van der Waals surface area contributed by atoms with Crippen molar-refractivity contribution in [2.24, 2.45) is 0 Å².